The van der Waals surface area contributed by atoms with Gasteiger partial charge >= 0.3 is 0 Å². The lowest BCUT2D eigenvalue weighted by atomic mass is 10.0. The van der Waals surface area contributed by atoms with E-state index >= 15 is 0 Å². The molecule has 1 aliphatic heterocycles. The first-order valence-electron chi connectivity index (χ1n) is 9.17. The Morgan fingerprint density at radius 1 is 0.810 bits per heavy atom. The third-order valence-corrected chi connectivity index (χ3v) is 4.44. The van der Waals surface area contributed by atoms with Gasteiger partial charge in [-0.25, -0.2) is 0 Å². The number of primary amides is 1. The molecule has 3 heteroatoms. The highest BCUT2D eigenvalue weighted by Crippen LogP contribution is 2.31. The first kappa shape index (κ1) is 18.5. The molecule has 0 aromatic rings. The van der Waals surface area contributed by atoms with Crippen LogP contribution in [0.4, 0.5) is 0 Å². The summed E-state index contributed by atoms with van der Waals surface area (Å²) in [5, 5.41) is 0. The first-order chi connectivity index (χ1) is 10.2. The summed E-state index contributed by atoms with van der Waals surface area (Å²) in [5.74, 6) is -0.168. The average molecular weight is 297 g/mol. The zero-order valence-corrected chi connectivity index (χ0v) is 13.9. The van der Waals surface area contributed by atoms with Crippen LogP contribution in [0.1, 0.15) is 96.8 Å². The van der Waals surface area contributed by atoms with E-state index in [0.29, 0.717) is 18.6 Å². The van der Waals surface area contributed by atoms with Crippen molar-refractivity contribution in [3.8, 4) is 0 Å². The number of hydrogen-bond donors (Lipinski definition) is 1. The fraction of sp³-hybridized carbons (Fsp3) is 0.944. The maximum Gasteiger partial charge on any atom is 0.217 e. The summed E-state index contributed by atoms with van der Waals surface area (Å²) in [6.07, 6.45) is 18.3. The fourth-order valence-corrected chi connectivity index (χ4v) is 2.99. The topological polar surface area (TPSA) is 55.6 Å². The third kappa shape index (κ3) is 10.8. The highest BCUT2D eigenvalue weighted by molar-refractivity contribution is 5.73. The molecule has 0 radical (unpaired) electrons. The molecule has 21 heavy (non-hydrogen) atoms. The van der Waals surface area contributed by atoms with Crippen LogP contribution in [0.2, 0.25) is 0 Å². The second-order valence-electron chi connectivity index (χ2n) is 6.54. The Bertz CT molecular complexity index is 268. The minimum atomic E-state index is -0.168. The summed E-state index contributed by atoms with van der Waals surface area (Å²) in [4.78, 5) is 10.6. The third-order valence-electron chi connectivity index (χ3n) is 4.44. The number of carbonyl (C=O) groups excluding carboxylic acids is 1. The van der Waals surface area contributed by atoms with Gasteiger partial charge in [0.05, 0.1) is 12.2 Å². The van der Waals surface area contributed by atoms with Gasteiger partial charge in [-0.15, -0.1) is 0 Å². The molecule has 1 fully saturated rings. The van der Waals surface area contributed by atoms with Gasteiger partial charge in [0, 0.05) is 6.42 Å². The minimum Gasteiger partial charge on any atom is -0.370 e. The molecule has 124 valence electrons. The van der Waals surface area contributed by atoms with Crippen LogP contribution in [0, 0.1) is 0 Å². The summed E-state index contributed by atoms with van der Waals surface area (Å²) >= 11 is 0. The highest BCUT2D eigenvalue weighted by Gasteiger charge is 2.36. The fourth-order valence-electron chi connectivity index (χ4n) is 2.99. The second kappa shape index (κ2) is 12.0. The summed E-state index contributed by atoms with van der Waals surface area (Å²) in [6.45, 7) is 2.26. The van der Waals surface area contributed by atoms with E-state index in [4.69, 9.17) is 10.5 Å². The predicted molar refractivity (Wildman–Crippen MR) is 88.2 cm³/mol. The predicted octanol–water partition coefficient (Wildman–Crippen LogP) is 4.72. The van der Waals surface area contributed by atoms with Gasteiger partial charge in [-0.05, 0) is 19.3 Å². The molecular formula is C18H35NO2. The molecule has 0 aromatic carbocycles. The van der Waals surface area contributed by atoms with Gasteiger partial charge in [-0.2, -0.15) is 0 Å². The number of amides is 1. The van der Waals surface area contributed by atoms with E-state index in [2.05, 4.69) is 6.92 Å². The van der Waals surface area contributed by atoms with Crippen LogP contribution in [0.15, 0.2) is 0 Å². The van der Waals surface area contributed by atoms with Crippen molar-refractivity contribution in [3.05, 3.63) is 0 Å². The van der Waals surface area contributed by atoms with Crippen LogP contribution < -0.4 is 5.73 Å². The van der Waals surface area contributed by atoms with Crippen LogP contribution in [0.3, 0.4) is 0 Å². The molecule has 1 aliphatic rings. The molecule has 0 spiro atoms. The summed E-state index contributed by atoms with van der Waals surface area (Å²) < 4.78 is 5.74. The molecule has 0 unspecified atom stereocenters. The number of unbranched alkanes of at least 4 members (excludes halogenated alkanes) is 9. The van der Waals surface area contributed by atoms with Gasteiger partial charge in [0.15, 0.2) is 0 Å². The summed E-state index contributed by atoms with van der Waals surface area (Å²) in [7, 11) is 0. The van der Waals surface area contributed by atoms with Gasteiger partial charge in [0.1, 0.15) is 0 Å². The van der Waals surface area contributed by atoms with Crippen LogP contribution in [0.5, 0.6) is 0 Å². The Labute approximate surface area is 131 Å². The van der Waals surface area contributed by atoms with E-state index in [-0.39, 0.29) is 5.91 Å². The average Bonchev–Trinajstić information content (AvgIpc) is 3.20. The van der Waals surface area contributed by atoms with E-state index in [1.54, 1.807) is 0 Å². The standard InChI is InChI=1S/C18H35NO2/c1-2-3-4-5-7-10-13-16-17(21-16)14-11-8-6-9-12-15-18(19)20/h16-17H,2-15H2,1H3,(H2,19,20)/t16-,17-/m0/s1. The van der Waals surface area contributed by atoms with Crippen molar-refractivity contribution in [2.75, 3.05) is 0 Å². The molecule has 2 N–H and O–H groups in total. The SMILES string of the molecule is CCCCCCCC[C@@H]1O[C@H]1CCCCCCCC(N)=O. The molecule has 3 nitrogen and oxygen atoms in total. The monoisotopic (exact) mass is 297 g/mol. The van der Waals surface area contributed by atoms with Gasteiger partial charge in [0.2, 0.25) is 5.91 Å². The van der Waals surface area contributed by atoms with Crippen molar-refractivity contribution in [1.29, 1.82) is 0 Å². The number of nitrogens with two attached hydrogens (primary N) is 1. The first-order valence-corrected chi connectivity index (χ1v) is 9.17. The molecule has 1 saturated heterocycles. The van der Waals surface area contributed by atoms with Gasteiger partial charge in [0.25, 0.3) is 0 Å². The molecule has 1 amide bonds. The molecule has 0 aromatic heterocycles. The van der Waals surface area contributed by atoms with Crippen molar-refractivity contribution in [3.63, 3.8) is 0 Å². The largest absolute Gasteiger partial charge is 0.370 e. The van der Waals surface area contributed by atoms with Crippen molar-refractivity contribution >= 4 is 5.91 Å². The van der Waals surface area contributed by atoms with Gasteiger partial charge in [-0.1, -0.05) is 71.1 Å². The van der Waals surface area contributed by atoms with Crippen LogP contribution in [-0.2, 0) is 9.53 Å². The van der Waals surface area contributed by atoms with E-state index < -0.39 is 0 Å². The van der Waals surface area contributed by atoms with Gasteiger partial charge < -0.3 is 10.5 Å². The Morgan fingerprint density at radius 2 is 1.29 bits per heavy atom. The highest BCUT2D eigenvalue weighted by atomic mass is 16.6. The van der Waals surface area contributed by atoms with Crippen molar-refractivity contribution in [2.45, 2.75) is 109 Å². The smallest absolute Gasteiger partial charge is 0.217 e. The molecule has 0 bridgehead atoms. The summed E-state index contributed by atoms with van der Waals surface area (Å²) in [6, 6.07) is 0. The quantitative estimate of drug-likeness (QED) is 0.351. The molecule has 1 heterocycles. The Balaban J connectivity index is 1.77. The number of ether oxygens (including phenoxy) is 1. The van der Waals surface area contributed by atoms with Crippen molar-refractivity contribution in [1.82, 2.24) is 0 Å². The normalized spacial score (nSPS) is 20.6. The minimum absolute atomic E-state index is 0.168. The molecule has 0 aliphatic carbocycles. The van der Waals surface area contributed by atoms with Crippen molar-refractivity contribution in [2.24, 2.45) is 5.73 Å². The van der Waals surface area contributed by atoms with E-state index in [0.717, 1.165) is 12.8 Å². The molecule has 1 rings (SSSR count). The summed E-state index contributed by atoms with van der Waals surface area (Å²) in [5.41, 5.74) is 5.11. The van der Waals surface area contributed by atoms with Gasteiger partial charge in [-0.3, -0.25) is 4.79 Å². The van der Waals surface area contributed by atoms with E-state index in [9.17, 15) is 4.79 Å². The lowest BCUT2D eigenvalue weighted by Gasteiger charge is -2.00. The number of epoxide rings is 1. The maximum atomic E-state index is 10.6. The lowest BCUT2D eigenvalue weighted by molar-refractivity contribution is -0.118. The Hall–Kier alpha value is -0.570. The Kier molecular flexibility index (Phi) is 10.6. The lowest BCUT2D eigenvalue weighted by Crippen LogP contribution is -2.09. The Morgan fingerprint density at radius 3 is 1.81 bits per heavy atom. The van der Waals surface area contributed by atoms with Crippen LogP contribution >= 0.6 is 0 Å². The molecule has 0 saturated carbocycles. The van der Waals surface area contributed by atoms with E-state index in [1.165, 1.54) is 70.6 Å². The van der Waals surface area contributed by atoms with Crippen LogP contribution in [-0.4, -0.2) is 18.1 Å². The molecule has 2 atom stereocenters. The second-order valence-corrected chi connectivity index (χ2v) is 6.54. The van der Waals surface area contributed by atoms with Crippen molar-refractivity contribution < 1.29 is 9.53 Å². The molecular weight excluding hydrogens is 262 g/mol. The number of hydrogen-bond acceptors (Lipinski definition) is 2. The van der Waals surface area contributed by atoms with E-state index in [1.807, 2.05) is 0 Å². The zero-order valence-electron chi connectivity index (χ0n) is 13.9. The zero-order chi connectivity index (χ0) is 15.3. The number of rotatable bonds is 15. The number of carbonyl (C=O) groups is 1. The van der Waals surface area contributed by atoms with Crippen LogP contribution in [0.25, 0.3) is 0 Å². The maximum absolute atomic E-state index is 10.6.